The van der Waals surface area contributed by atoms with Crippen LogP contribution >= 0.6 is 0 Å². The number of anilines is 1. The molecule has 2 aliphatic rings. The molecule has 2 saturated heterocycles. The number of ether oxygens (including phenoxy) is 1. The fourth-order valence-electron chi connectivity index (χ4n) is 4.84. The van der Waals surface area contributed by atoms with Crippen molar-refractivity contribution in [2.24, 2.45) is 0 Å². The van der Waals surface area contributed by atoms with Crippen LogP contribution in [0.15, 0.2) is 42.7 Å². The Labute approximate surface area is 183 Å². The van der Waals surface area contributed by atoms with Crippen molar-refractivity contribution in [1.29, 1.82) is 0 Å². The lowest BCUT2D eigenvalue weighted by atomic mass is 9.91. The van der Waals surface area contributed by atoms with Gasteiger partial charge in [-0.3, -0.25) is 10.00 Å². The zero-order valence-corrected chi connectivity index (χ0v) is 18.1. The minimum Gasteiger partial charge on any atom is -0.497 e. The summed E-state index contributed by atoms with van der Waals surface area (Å²) in [6.45, 7) is 5.15. The number of aromatic amines is 1. The molecule has 4 heterocycles. The summed E-state index contributed by atoms with van der Waals surface area (Å²) in [6.07, 6.45) is 8.57. The van der Waals surface area contributed by atoms with Crippen LogP contribution in [-0.2, 0) is 6.54 Å². The SMILES string of the molecule is COc1cccc(CN2CCCC(c3[nH]ncc3-c3ccnc(N4CCCC4)n3)C2)c1. The van der Waals surface area contributed by atoms with Gasteiger partial charge in [-0.1, -0.05) is 12.1 Å². The first kappa shape index (κ1) is 20.0. The molecule has 1 N–H and O–H groups in total. The Kier molecular flexibility index (Phi) is 5.84. The summed E-state index contributed by atoms with van der Waals surface area (Å²) in [5.74, 6) is 2.17. The normalized spacial score (nSPS) is 19.6. The molecule has 0 bridgehead atoms. The maximum Gasteiger partial charge on any atom is 0.225 e. The topological polar surface area (TPSA) is 70.2 Å². The van der Waals surface area contributed by atoms with Crippen molar-refractivity contribution in [1.82, 2.24) is 25.1 Å². The van der Waals surface area contributed by atoms with E-state index in [1.54, 1.807) is 7.11 Å². The summed E-state index contributed by atoms with van der Waals surface area (Å²) in [5, 5.41) is 7.69. The Morgan fingerprint density at radius 1 is 1.13 bits per heavy atom. The molecule has 7 heteroatoms. The number of likely N-dealkylation sites (tertiary alicyclic amines) is 1. The van der Waals surface area contributed by atoms with Gasteiger partial charge in [-0.2, -0.15) is 5.10 Å². The van der Waals surface area contributed by atoms with Gasteiger partial charge in [-0.05, 0) is 56.0 Å². The molecule has 162 valence electrons. The maximum atomic E-state index is 5.39. The van der Waals surface area contributed by atoms with Gasteiger partial charge in [0.05, 0.1) is 19.0 Å². The van der Waals surface area contributed by atoms with Gasteiger partial charge in [0.25, 0.3) is 0 Å². The lowest BCUT2D eigenvalue weighted by molar-refractivity contribution is 0.198. The van der Waals surface area contributed by atoms with Crippen LogP contribution < -0.4 is 9.64 Å². The molecule has 31 heavy (non-hydrogen) atoms. The highest BCUT2D eigenvalue weighted by Crippen LogP contribution is 2.33. The monoisotopic (exact) mass is 418 g/mol. The summed E-state index contributed by atoms with van der Waals surface area (Å²) in [6, 6.07) is 10.4. The van der Waals surface area contributed by atoms with Crippen molar-refractivity contribution in [2.45, 2.75) is 38.1 Å². The molecule has 7 nitrogen and oxygen atoms in total. The highest BCUT2D eigenvalue weighted by atomic mass is 16.5. The number of methoxy groups -OCH3 is 1. The lowest BCUT2D eigenvalue weighted by Crippen LogP contribution is -2.34. The zero-order chi connectivity index (χ0) is 21.0. The summed E-state index contributed by atoms with van der Waals surface area (Å²) in [5.41, 5.74) is 4.55. The molecule has 1 atom stereocenters. The Balaban J connectivity index is 1.33. The number of nitrogens with zero attached hydrogens (tertiary/aromatic N) is 5. The first-order valence-electron chi connectivity index (χ1n) is 11.3. The number of hydrogen-bond acceptors (Lipinski definition) is 6. The van der Waals surface area contributed by atoms with Gasteiger partial charge in [0.2, 0.25) is 5.95 Å². The van der Waals surface area contributed by atoms with E-state index < -0.39 is 0 Å². The third-order valence-electron chi connectivity index (χ3n) is 6.43. The van der Waals surface area contributed by atoms with E-state index in [1.165, 1.54) is 30.5 Å². The minimum atomic E-state index is 0.419. The van der Waals surface area contributed by atoms with E-state index in [9.17, 15) is 0 Å². The van der Waals surface area contributed by atoms with Gasteiger partial charge in [-0.25, -0.2) is 9.97 Å². The van der Waals surface area contributed by atoms with Crippen molar-refractivity contribution in [3.63, 3.8) is 0 Å². The highest BCUT2D eigenvalue weighted by molar-refractivity contribution is 5.63. The van der Waals surface area contributed by atoms with Gasteiger partial charge in [0.1, 0.15) is 5.75 Å². The van der Waals surface area contributed by atoms with E-state index in [0.717, 1.165) is 62.1 Å². The van der Waals surface area contributed by atoms with Crippen LogP contribution in [-0.4, -0.2) is 58.4 Å². The number of piperidine rings is 1. The smallest absolute Gasteiger partial charge is 0.225 e. The van der Waals surface area contributed by atoms with Gasteiger partial charge in [-0.15, -0.1) is 0 Å². The van der Waals surface area contributed by atoms with Gasteiger partial charge < -0.3 is 9.64 Å². The molecule has 0 amide bonds. The average molecular weight is 419 g/mol. The molecule has 2 fully saturated rings. The molecule has 1 unspecified atom stereocenters. The third-order valence-corrected chi connectivity index (χ3v) is 6.43. The van der Waals surface area contributed by atoms with E-state index in [-0.39, 0.29) is 0 Å². The highest BCUT2D eigenvalue weighted by Gasteiger charge is 2.26. The Morgan fingerprint density at radius 2 is 2.03 bits per heavy atom. The van der Waals surface area contributed by atoms with E-state index in [1.807, 2.05) is 24.5 Å². The number of hydrogen-bond donors (Lipinski definition) is 1. The standard InChI is InChI=1S/C24H30N6O/c1-31-20-8-4-6-18(14-20)16-29-11-5-7-19(17-29)23-21(15-26-28-23)22-9-10-25-24(27-22)30-12-2-3-13-30/h4,6,8-10,14-15,19H,2-3,5,7,11-13,16-17H2,1H3,(H,26,28). The first-order valence-corrected chi connectivity index (χ1v) is 11.3. The van der Waals surface area contributed by atoms with Crippen LogP contribution in [0.1, 0.15) is 42.9 Å². The van der Waals surface area contributed by atoms with E-state index in [0.29, 0.717) is 5.92 Å². The molecule has 3 aromatic rings. The van der Waals surface area contributed by atoms with Crippen LogP contribution in [0.2, 0.25) is 0 Å². The number of rotatable bonds is 6. The van der Waals surface area contributed by atoms with E-state index in [4.69, 9.17) is 9.72 Å². The maximum absolute atomic E-state index is 5.39. The van der Waals surface area contributed by atoms with Gasteiger partial charge in [0, 0.05) is 49.6 Å². The van der Waals surface area contributed by atoms with Crippen molar-refractivity contribution < 1.29 is 4.74 Å². The average Bonchev–Trinajstić information content (AvgIpc) is 3.52. The van der Waals surface area contributed by atoms with Crippen LogP contribution in [0.5, 0.6) is 5.75 Å². The third kappa shape index (κ3) is 4.42. The lowest BCUT2D eigenvalue weighted by Gasteiger charge is -2.32. The minimum absolute atomic E-state index is 0.419. The summed E-state index contributed by atoms with van der Waals surface area (Å²) >= 11 is 0. The Morgan fingerprint density at radius 3 is 2.90 bits per heavy atom. The second kappa shape index (κ2) is 9.06. The van der Waals surface area contributed by atoms with Gasteiger partial charge >= 0.3 is 0 Å². The number of aromatic nitrogens is 4. The zero-order valence-electron chi connectivity index (χ0n) is 18.1. The molecule has 0 saturated carbocycles. The number of benzene rings is 1. The quantitative estimate of drug-likeness (QED) is 0.656. The van der Waals surface area contributed by atoms with Crippen LogP contribution in [0.4, 0.5) is 5.95 Å². The molecule has 2 aliphatic heterocycles. The Hall–Kier alpha value is -2.93. The van der Waals surface area contributed by atoms with Crippen molar-refractivity contribution in [2.75, 3.05) is 38.2 Å². The Bertz CT molecular complexity index is 1010. The fourth-order valence-corrected chi connectivity index (χ4v) is 4.84. The number of H-pyrrole nitrogens is 1. The van der Waals surface area contributed by atoms with Crippen LogP contribution in [0.25, 0.3) is 11.3 Å². The fraction of sp³-hybridized carbons (Fsp3) is 0.458. The van der Waals surface area contributed by atoms with E-state index >= 15 is 0 Å². The summed E-state index contributed by atoms with van der Waals surface area (Å²) < 4.78 is 5.39. The second-order valence-electron chi connectivity index (χ2n) is 8.56. The predicted octanol–water partition coefficient (Wildman–Crippen LogP) is 3.86. The summed E-state index contributed by atoms with van der Waals surface area (Å²) in [7, 11) is 1.72. The van der Waals surface area contributed by atoms with Crippen LogP contribution in [0, 0.1) is 0 Å². The molecular formula is C24H30N6O. The van der Waals surface area contributed by atoms with Crippen LogP contribution in [0.3, 0.4) is 0 Å². The molecular weight excluding hydrogens is 388 g/mol. The van der Waals surface area contributed by atoms with E-state index in [2.05, 4.69) is 43.2 Å². The molecule has 5 rings (SSSR count). The summed E-state index contributed by atoms with van der Waals surface area (Å²) in [4.78, 5) is 14.2. The molecule has 0 radical (unpaired) electrons. The number of nitrogens with one attached hydrogen (secondary N) is 1. The van der Waals surface area contributed by atoms with Crippen molar-refractivity contribution in [3.05, 3.63) is 54.0 Å². The van der Waals surface area contributed by atoms with Crippen molar-refractivity contribution in [3.8, 4) is 17.0 Å². The molecule has 0 spiro atoms. The molecule has 1 aromatic carbocycles. The first-order chi connectivity index (χ1) is 15.3. The largest absolute Gasteiger partial charge is 0.497 e. The molecule has 0 aliphatic carbocycles. The van der Waals surface area contributed by atoms with Crippen molar-refractivity contribution >= 4 is 5.95 Å². The van der Waals surface area contributed by atoms with Gasteiger partial charge in [0.15, 0.2) is 0 Å². The second-order valence-corrected chi connectivity index (χ2v) is 8.56. The predicted molar refractivity (Wildman–Crippen MR) is 121 cm³/mol. The molecule has 2 aromatic heterocycles.